The van der Waals surface area contributed by atoms with E-state index in [-0.39, 0.29) is 37.0 Å². The zero-order chi connectivity index (χ0) is 23.7. The van der Waals surface area contributed by atoms with Crippen LogP contribution in [0.5, 0.6) is 0 Å². The number of fused-ring (bicyclic) bond motifs is 1. The number of halogens is 2. The highest BCUT2D eigenvalue weighted by atomic mass is 35.5. The van der Waals surface area contributed by atoms with Crippen LogP contribution in [0.25, 0.3) is 0 Å². The monoisotopic (exact) mass is 521 g/mol. The Kier molecular flexibility index (Phi) is 8.18. The Balaban J connectivity index is 0.00000289. The van der Waals surface area contributed by atoms with E-state index in [0.29, 0.717) is 46.4 Å². The Morgan fingerprint density at radius 2 is 2.23 bits per heavy atom. The van der Waals surface area contributed by atoms with Crippen molar-refractivity contribution in [3.8, 4) is 0 Å². The summed E-state index contributed by atoms with van der Waals surface area (Å²) in [6.07, 6.45) is 1.84. The summed E-state index contributed by atoms with van der Waals surface area (Å²) in [5.41, 5.74) is 2.22. The smallest absolute Gasteiger partial charge is 0.338 e. The number of carbonyl (C=O) groups is 1. The molecule has 2 aromatic rings. The molecule has 0 aliphatic carbocycles. The quantitative estimate of drug-likeness (QED) is 0.565. The topological polar surface area (TPSA) is 88.1 Å². The first-order valence-corrected chi connectivity index (χ1v) is 12.4. The molecule has 35 heavy (non-hydrogen) atoms. The second-order valence-electron chi connectivity index (χ2n) is 8.51. The molecule has 0 bridgehead atoms. The van der Waals surface area contributed by atoms with E-state index in [0.717, 1.165) is 19.6 Å². The maximum Gasteiger partial charge on any atom is 0.338 e. The number of rotatable bonds is 6. The van der Waals surface area contributed by atoms with E-state index in [4.69, 9.17) is 14.5 Å². The zero-order valence-electron chi connectivity index (χ0n) is 19.6. The first-order valence-electron chi connectivity index (χ1n) is 11.5. The standard InChI is InChI=1S/C24H28FN5O3S.ClH/c1-3-32-24(31)20-17(13-30-8-9-33-19-12-26-11-18(19)30)28-22(23-27-7-10-34-23)29-21(20)15-5-4-6-16(25)14(15)2;/h4-7,10,18-19,21,26H,3,8-9,11-13H2,1-2H3,(H,28,29);1H/t18-,19+,21+;/m1./s1. The molecule has 188 valence electrons. The molecular formula is C24H29ClFN5O3S. The molecule has 2 N–H and O–H groups in total. The second-order valence-corrected chi connectivity index (χ2v) is 9.41. The highest BCUT2D eigenvalue weighted by molar-refractivity contribution is 7.11. The molecule has 11 heteroatoms. The van der Waals surface area contributed by atoms with Crippen molar-refractivity contribution in [1.29, 1.82) is 0 Å². The van der Waals surface area contributed by atoms with Gasteiger partial charge in [0.15, 0.2) is 10.8 Å². The van der Waals surface area contributed by atoms with Crippen molar-refractivity contribution in [3.05, 3.63) is 63.0 Å². The molecule has 4 heterocycles. The number of aromatic nitrogens is 1. The average Bonchev–Trinajstić information content (AvgIpc) is 3.53. The summed E-state index contributed by atoms with van der Waals surface area (Å²) in [6.45, 7) is 7.24. The van der Waals surface area contributed by atoms with E-state index in [9.17, 15) is 9.18 Å². The lowest BCUT2D eigenvalue weighted by Gasteiger charge is -2.38. The Morgan fingerprint density at radius 3 is 3.00 bits per heavy atom. The molecule has 3 aliphatic heterocycles. The maximum absolute atomic E-state index is 14.6. The number of hydrogen-bond donors (Lipinski definition) is 2. The fourth-order valence-electron chi connectivity index (χ4n) is 4.83. The summed E-state index contributed by atoms with van der Waals surface area (Å²) in [5.74, 6) is -0.212. The van der Waals surface area contributed by atoms with Gasteiger partial charge in [-0.15, -0.1) is 23.7 Å². The summed E-state index contributed by atoms with van der Waals surface area (Å²) in [7, 11) is 0. The van der Waals surface area contributed by atoms with E-state index in [1.807, 2.05) is 11.4 Å². The predicted octanol–water partition coefficient (Wildman–Crippen LogP) is 2.59. The number of amidine groups is 1. The van der Waals surface area contributed by atoms with Gasteiger partial charge in [0.05, 0.1) is 30.9 Å². The molecule has 1 aromatic heterocycles. The Hall–Kier alpha value is -2.37. The number of carbonyl (C=O) groups excluding carboxylic acids is 1. The number of morpholine rings is 1. The molecule has 0 unspecified atom stereocenters. The zero-order valence-corrected chi connectivity index (χ0v) is 21.3. The van der Waals surface area contributed by atoms with E-state index >= 15 is 0 Å². The number of thiazole rings is 1. The van der Waals surface area contributed by atoms with Gasteiger partial charge in [-0.2, -0.15) is 0 Å². The Labute approximate surface area is 214 Å². The van der Waals surface area contributed by atoms with E-state index in [2.05, 4.69) is 20.5 Å². The van der Waals surface area contributed by atoms with Crippen molar-refractivity contribution in [2.45, 2.75) is 32.0 Å². The van der Waals surface area contributed by atoms with Gasteiger partial charge in [-0.25, -0.2) is 14.2 Å². The normalized spacial score (nSPS) is 24.3. The number of nitrogens with one attached hydrogen (secondary N) is 2. The molecule has 5 rings (SSSR count). The summed E-state index contributed by atoms with van der Waals surface area (Å²) in [4.78, 5) is 24.9. The number of nitrogens with zero attached hydrogens (tertiary/aromatic N) is 3. The minimum atomic E-state index is -0.705. The van der Waals surface area contributed by atoms with Crippen LogP contribution < -0.4 is 10.6 Å². The van der Waals surface area contributed by atoms with E-state index in [1.54, 1.807) is 26.1 Å². The summed E-state index contributed by atoms with van der Waals surface area (Å²) in [5, 5.41) is 9.37. The van der Waals surface area contributed by atoms with Gasteiger partial charge in [-0.05, 0) is 31.0 Å². The van der Waals surface area contributed by atoms with Crippen molar-refractivity contribution >= 4 is 35.5 Å². The number of esters is 1. The maximum atomic E-state index is 14.6. The molecule has 3 aliphatic rings. The van der Waals surface area contributed by atoms with Gasteiger partial charge in [0.25, 0.3) is 0 Å². The fourth-order valence-corrected chi connectivity index (χ4v) is 5.41. The van der Waals surface area contributed by atoms with Crippen molar-refractivity contribution in [1.82, 2.24) is 20.5 Å². The Morgan fingerprint density at radius 1 is 1.37 bits per heavy atom. The lowest BCUT2D eigenvalue weighted by Crippen LogP contribution is -2.53. The molecule has 0 radical (unpaired) electrons. The van der Waals surface area contributed by atoms with Crippen molar-refractivity contribution in [2.24, 2.45) is 4.99 Å². The molecule has 2 fully saturated rings. The van der Waals surface area contributed by atoms with Crippen LogP contribution >= 0.6 is 23.7 Å². The lowest BCUT2D eigenvalue weighted by molar-refractivity contribution is -0.139. The number of hydrogen-bond acceptors (Lipinski definition) is 9. The van der Waals surface area contributed by atoms with Crippen LogP contribution in [0.1, 0.15) is 29.1 Å². The first kappa shape index (κ1) is 25.7. The Bertz CT molecular complexity index is 1130. The van der Waals surface area contributed by atoms with E-state index in [1.165, 1.54) is 17.4 Å². The molecule has 8 nitrogen and oxygen atoms in total. The highest BCUT2D eigenvalue weighted by Gasteiger charge is 2.39. The third-order valence-electron chi connectivity index (χ3n) is 6.53. The molecular weight excluding hydrogens is 493 g/mol. The SMILES string of the molecule is CCOC(=O)C1=C(CN2CCO[C@H]3CNC[C@H]32)NC(c2nccs2)=N[C@H]1c1cccc(F)c1C.Cl. The predicted molar refractivity (Wildman–Crippen MR) is 135 cm³/mol. The molecule has 3 atom stereocenters. The molecule has 2 saturated heterocycles. The van der Waals surface area contributed by atoms with Gasteiger partial charge < -0.3 is 20.1 Å². The number of ether oxygens (including phenoxy) is 2. The van der Waals surface area contributed by atoms with Crippen LogP contribution in [0, 0.1) is 12.7 Å². The number of benzene rings is 1. The summed E-state index contributed by atoms with van der Waals surface area (Å²) >= 11 is 1.46. The minimum absolute atomic E-state index is 0. The van der Waals surface area contributed by atoms with Crippen LogP contribution in [0.15, 0.2) is 46.0 Å². The van der Waals surface area contributed by atoms with Crippen LogP contribution in [0.4, 0.5) is 4.39 Å². The van der Waals surface area contributed by atoms with Crippen molar-refractivity contribution in [3.63, 3.8) is 0 Å². The highest BCUT2D eigenvalue weighted by Crippen LogP contribution is 2.35. The van der Waals surface area contributed by atoms with Gasteiger partial charge in [0.2, 0.25) is 0 Å². The van der Waals surface area contributed by atoms with Gasteiger partial charge in [0, 0.05) is 43.5 Å². The molecule has 1 aromatic carbocycles. The van der Waals surface area contributed by atoms with Crippen molar-refractivity contribution in [2.75, 3.05) is 39.4 Å². The number of aliphatic imine (C=N–C) groups is 1. The first-order chi connectivity index (χ1) is 16.6. The second kappa shape index (κ2) is 11.1. The molecule has 0 saturated carbocycles. The van der Waals surface area contributed by atoms with Crippen molar-refractivity contribution < 1.29 is 18.7 Å². The van der Waals surface area contributed by atoms with Gasteiger partial charge in [-0.3, -0.25) is 9.89 Å². The largest absolute Gasteiger partial charge is 0.463 e. The average molecular weight is 522 g/mol. The van der Waals surface area contributed by atoms with Crippen LogP contribution in [-0.2, 0) is 14.3 Å². The van der Waals surface area contributed by atoms with Crippen LogP contribution in [0.2, 0.25) is 0 Å². The molecule has 0 spiro atoms. The van der Waals surface area contributed by atoms with E-state index < -0.39 is 12.0 Å². The van der Waals surface area contributed by atoms with Gasteiger partial charge in [0.1, 0.15) is 11.9 Å². The third kappa shape index (κ3) is 5.12. The fraction of sp³-hybridized carbons (Fsp3) is 0.458. The summed E-state index contributed by atoms with van der Waals surface area (Å²) in [6, 6.07) is 4.39. The lowest BCUT2D eigenvalue weighted by atomic mass is 9.92. The van der Waals surface area contributed by atoms with Gasteiger partial charge >= 0.3 is 5.97 Å². The van der Waals surface area contributed by atoms with Crippen LogP contribution in [-0.4, -0.2) is 73.2 Å². The summed E-state index contributed by atoms with van der Waals surface area (Å²) < 4.78 is 26.0. The minimum Gasteiger partial charge on any atom is -0.463 e. The molecule has 0 amide bonds. The van der Waals surface area contributed by atoms with Gasteiger partial charge in [-0.1, -0.05) is 12.1 Å². The van der Waals surface area contributed by atoms with Crippen LogP contribution in [0.3, 0.4) is 0 Å². The third-order valence-corrected chi connectivity index (χ3v) is 7.31.